The molecule has 0 aliphatic carbocycles. The first-order valence-corrected chi connectivity index (χ1v) is 6.72. The molecule has 1 rings (SSSR count). The van der Waals surface area contributed by atoms with Gasteiger partial charge in [0.1, 0.15) is 12.4 Å². The molecular weight excluding hydrogens is 282 g/mol. The first kappa shape index (κ1) is 17.2. The van der Waals surface area contributed by atoms with Crippen LogP contribution in [0.25, 0.3) is 0 Å². The van der Waals surface area contributed by atoms with Gasteiger partial charge in [-0.05, 0) is 26.0 Å². The van der Waals surface area contributed by atoms with Crippen LogP contribution >= 0.6 is 0 Å². The zero-order valence-corrected chi connectivity index (χ0v) is 12.1. The maximum absolute atomic E-state index is 13.4. The highest BCUT2D eigenvalue weighted by molar-refractivity contribution is 5.74. The van der Waals surface area contributed by atoms with E-state index in [2.05, 4.69) is 5.32 Å². The fraction of sp³-hybridized carbons (Fsp3) is 0.500. The van der Waals surface area contributed by atoms with Gasteiger partial charge in [0, 0.05) is 19.2 Å². The summed E-state index contributed by atoms with van der Waals surface area (Å²) in [5.41, 5.74) is 0. The lowest BCUT2D eigenvalue weighted by Crippen LogP contribution is -2.46. The van der Waals surface area contributed by atoms with Crippen LogP contribution in [0.15, 0.2) is 18.2 Å². The molecule has 0 aliphatic heterocycles. The second-order valence-corrected chi connectivity index (χ2v) is 4.54. The van der Waals surface area contributed by atoms with Crippen LogP contribution in [-0.4, -0.2) is 48.4 Å². The Balaban J connectivity index is 2.46. The quantitative estimate of drug-likeness (QED) is 0.807. The molecule has 0 aromatic heterocycles. The number of aliphatic hydroxyl groups excluding tert-OH is 1. The van der Waals surface area contributed by atoms with Crippen molar-refractivity contribution < 1.29 is 23.4 Å². The van der Waals surface area contributed by atoms with Gasteiger partial charge in [-0.25, -0.2) is 13.6 Å². The summed E-state index contributed by atoms with van der Waals surface area (Å²) >= 11 is 0. The lowest BCUT2D eigenvalue weighted by molar-refractivity contribution is 0.172. The van der Waals surface area contributed by atoms with Gasteiger partial charge in [0.2, 0.25) is 0 Å². The second-order valence-electron chi connectivity index (χ2n) is 4.54. The predicted octanol–water partition coefficient (Wildman–Crippen LogP) is 1.76. The molecule has 1 atom stereocenters. The van der Waals surface area contributed by atoms with Gasteiger partial charge in [0.05, 0.1) is 12.6 Å². The number of hydrogen-bond acceptors (Lipinski definition) is 3. The molecule has 0 aliphatic rings. The van der Waals surface area contributed by atoms with Gasteiger partial charge in [-0.15, -0.1) is 0 Å². The Labute approximate surface area is 122 Å². The normalized spacial score (nSPS) is 11.9. The number of benzene rings is 1. The minimum atomic E-state index is -0.788. The molecule has 7 heteroatoms. The summed E-state index contributed by atoms with van der Waals surface area (Å²) in [5, 5.41) is 11.5. The maximum Gasteiger partial charge on any atom is 0.317 e. The Bertz CT molecular complexity index is 472. The van der Waals surface area contributed by atoms with Gasteiger partial charge in [-0.1, -0.05) is 0 Å². The smallest absolute Gasteiger partial charge is 0.317 e. The van der Waals surface area contributed by atoms with Crippen molar-refractivity contribution in [1.29, 1.82) is 0 Å². The standard InChI is InChI=1S/C14H20F2N2O3/c1-3-18(6-7-19)14(20)17-10(2)9-21-13-5-4-11(15)8-12(13)16/h4-5,8,10,19H,3,6-7,9H2,1-2H3,(H,17,20). The van der Waals surface area contributed by atoms with Crippen molar-refractivity contribution in [2.75, 3.05) is 26.3 Å². The lowest BCUT2D eigenvalue weighted by Gasteiger charge is -2.23. The molecule has 0 bridgehead atoms. The number of rotatable bonds is 7. The summed E-state index contributed by atoms with van der Waals surface area (Å²) in [5.74, 6) is -1.53. The summed E-state index contributed by atoms with van der Waals surface area (Å²) < 4.78 is 31.3. The number of amides is 2. The first-order chi connectivity index (χ1) is 9.97. The molecule has 0 spiro atoms. The van der Waals surface area contributed by atoms with Crippen LogP contribution in [0, 0.1) is 11.6 Å². The van der Waals surface area contributed by atoms with E-state index in [9.17, 15) is 13.6 Å². The van der Waals surface area contributed by atoms with Crippen molar-refractivity contribution in [2.45, 2.75) is 19.9 Å². The topological polar surface area (TPSA) is 61.8 Å². The Kier molecular flexibility index (Phi) is 6.87. The summed E-state index contributed by atoms with van der Waals surface area (Å²) in [6.07, 6.45) is 0. The van der Waals surface area contributed by atoms with Crippen LogP contribution in [0.5, 0.6) is 5.75 Å². The summed E-state index contributed by atoms with van der Waals surface area (Å²) in [4.78, 5) is 13.3. The molecule has 0 saturated carbocycles. The molecule has 0 heterocycles. The molecule has 1 aromatic rings. The van der Waals surface area contributed by atoms with Crippen molar-refractivity contribution >= 4 is 6.03 Å². The van der Waals surface area contributed by atoms with Crippen LogP contribution in [0.3, 0.4) is 0 Å². The molecule has 0 fully saturated rings. The second kappa shape index (κ2) is 8.41. The van der Waals surface area contributed by atoms with Crippen molar-refractivity contribution in [1.82, 2.24) is 10.2 Å². The monoisotopic (exact) mass is 302 g/mol. The first-order valence-electron chi connectivity index (χ1n) is 6.72. The average Bonchev–Trinajstić information content (AvgIpc) is 2.43. The molecule has 2 amide bonds. The van der Waals surface area contributed by atoms with E-state index >= 15 is 0 Å². The fourth-order valence-corrected chi connectivity index (χ4v) is 1.67. The Morgan fingerprint density at radius 3 is 2.76 bits per heavy atom. The maximum atomic E-state index is 13.4. The van der Waals surface area contributed by atoms with Gasteiger partial charge in [0.15, 0.2) is 11.6 Å². The van der Waals surface area contributed by atoms with Crippen LogP contribution < -0.4 is 10.1 Å². The Morgan fingerprint density at radius 2 is 2.19 bits per heavy atom. The highest BCUT2D eigenvalue weighted by atomic mass is 19.1. The van der Waals surface area contributed by atoms with Gasteiger partial charge in [-0.3, -0.25) is 0 Å². The van der Waals surface area contributed by atoms with E-state index in [1.54, 1.807) is 13.8 Å². The van der Waals surface area contributed by atoms with E-state index in [0.29, 0.717) is 6.54 Å². The van der Waals surface area contributed by atoms with E-state index in [1.165, 1.54) is 11.0 Å². The van der Waals surface area contributed by atoms with Crippen LogP contribution in [-0.2, 0) is 0 Å². The number of carbonyl (C=O) groups excluding carboxylic acids is 1. The number of likely N-dealkylation sites (N-methyl/N-ethyl adjacent to an activating group) is 1. The van der Waals surface area contributed by atoms with E-state index in [1.807, 2.05) is 0 Å². The third-order valence-corrected chi connectivity index (χ3v) is 2.79. The van der Waals surface area contributed by atoms with Crippen molar-refractivity contribution in [3.8, 4) is 5.75 Å². The van der Waals surface area contributed by atoms with Gasteiger partial charge in [0.25, 0.3) is 0 Å². The summed E-state index contributed by atoms with van der Waals surface area (Å²) in [6, 6.07) is 2.33. The van der Waals surface area contributed by atoms with Crippen molar-refractivity contribution in [3.63, 3.8) is 0 Å². The number of ether oxygens (including phenoxy) is 1. The van der Waals surface area contributed by atoms with Crippen LogP contribution in [0.1, 0.15) is 13.8 Å². The highest BCUT2D eigenvalue weighted by Crippen LogP contribution is 2.17. The third kappa shape index (κ3) is 5.55. The number of aliphatic hydroxyl groups is 1. The lowest BCUT2D eigenvalue weighted by atomic mass is 10.3. The largest absolute Gasteiger partial charge is 0.488 e. The molecular formula is C14H20F2N2O3. The number of hydrogen-bond donors (Lipinski definition) is 2. The number of nitrogens with one attached hydrogen (secondary N) is 1. The zero-order chi connectivity index (χ0) is 15.8. The predicted molar refractivity (Wildman–Crippen MR) is 74.2 cm³/mol. The van der Waals surface area contributed by atoms with Crippen LogP contribution in [0.4, 0.5) is 13.6 Å². The fourth-order valence-electron chi connectivity index (χ4n) is 1.67. The summed E-state index contributed by atoms with van der Waals surface area (Å²) in [6.45, 7) is 4.13. The number of nitrogens with zero attached hydrogens (tertiary/aromatic N) is 1. The molecule has 118 valence electrons. The molecule has 21 heavy (non-hydrogen) atoms. The highest BCUT2D eigenvalue weighted by Gasteiger charge is 2.14. The number of halogens is 2. The molecule has 0 saturated heterocycles. The number of urea groups is 1. The van der Waals surface area contributed by atoms with Crippen molar-refractivity contribution in [2.24, 2.45) is 0 Å². The Hall–Kier alpha value is -1.89. The molecule has 2 N–H and O–H groups in total. The number of carbonyl (C=O) groups is 1. The third-order valence-electron chi connectivity index (χ3n) is 2.79. The zero-order valence-electron chi connectivity index (χ0n) is 12.1. The van der Waals surface area contributed by atoms with Gasteiger partial charge < -0.3 is 20.1 Å². The molecule has 0 radical (unpaired) electrons. The van der Waals surface area contributed by atoms with Gasteiger partial charge in [-0.2, -0.15) is 0 Å². The van der Waals surface area contributed by atoms with E-state index in [4.69, 9.17) is 9.84 Å². The van der Waals surface area contributed by atoms with E-state index < -0.39 is 11.6 Å². The molecule has 1 unspecified atom stereocenters. The average molecular weight is 302 g/mol. The van der Waals surface area contributed by atoms with E-state index in [0.717, 1.165) is 12.1 Å². The summed E-state index contributed by atoms with van der Waals surface area (Å²) in [7, 11) is 0. The van der Waals surface area contributed by atoms with Crippen LogP contribution in [0.2, 0.25) is 0 Å². The Morgan fingerprint density at radius 1 is 1.48 bits per heavy atom. The minimum absolute atomic E-state index is 0.0466. The molecule has 1 aromatic carbocycles. The van der Waals surface area contributed by atoms with Crippen molar-refractivity contribution in [3.05, 3.63) is 29.8 Å². The molecule has 5 nitrogen and oxygen atoms in total. The van der Waals surface area contributed by atoms with Gasteiger partial charge >= 0.3 is 6.03 Å². The minimum Gasteiger partial charge on any atom is -0.488 e. The SMILES string of the molecule is CCN(CCO)C(=O)NC(C)COc1ccc(F)cc1F. The van der Waals surface area contributed by atoms with E-state index in [-0.39, 0.29) is 37.6 Å².